The predicted octanol–water partition coefficient (Wildman–Crippen LogP) is 5.27. The molecule has 0 amide bonds. The minimum Gasteiger partial charge on any atom is -0.486 e. The summed E-state index contributed by atoms with van der Waals surface area (Å²) in [5, 5.41) is 11.1. The van der Waals surface area contributed by atoms with Crippen LogP contribution in [-0.4, -0.2) is 23.1 Å². The van der Waals surface area contributed by atoms with Gasteiger partial charge < -0.3 is 9.84 Å². The van der Waals surface area contributed by atoms with Crippen molar-refractivity contribution in [2.24, 2.45) is 23.2 Å². The maximum Gasteiger partial charge on any atom is 0.146 e. The Morgan fingerprint density at radius 1 is 1.32 bits per heavy atom. The van der Waals surface area contributed by atoms with Gasteiger partial charge in [-0.25, -0.2) is 0 Å². The van der Waals surface area contributed by atoms with Gasteiger partial charge in [0.15, 0.2) is 0 Å². The van der Waals surface area contributed by atoms with Crippen LogP contribution < -0.4 is 0 Å². The zero-order valence-electron chi connectivity index (χ0n) is 17.9. The van der Waals surface area contributed by atoms with Gasteiger partial charge in [-0.15, -0.1) is 0 Å². The van der Waals surface area contributed by atoms with Crippen LogP contribution in [0.1, 0.15) is 66.7 Å². The standard InChI is InChI=1S/C25H34O3/c1-15(2)10-18-11-16(3)23-20-7-6-17(14-26)19-8-9-25(5,27)21(19)12-24(20,4)13-22(23)28-18/h6,10,13-14,16,18-19,21,27H,7-9,11-12H2,1-5H3/b17-6-/t16-,18+,19+,21-,24-,25+/m0/s1. The first-order valence-electron chi connectivity index (χ1n) is 10.8. The molecule has 0 bridgehead atoms. The van der Waals surface area contributed by atoms with E-state index in [2.05, 4.69) is 45.9 Å². The van der Waals surface area contributed by atoms with Crippen LogP contribution in [0.5, 0.6) is 0 Å². The first-order chi connectivity index (χ1) is 13.1. The molecular weight excluding hydrogens is 348 g/mol. The highest BCUT2D eigenvalue weighted by atomic mass is 16.5. The number of aliphatic hydroxyl groups is 1. The molecule has 0 unspecified atom stereocenters. The molecule has 1 heterocycles. The minimum absolute atomic E-state index is 0.103. The highest BCUT2D eigenvalue weighted by Crippen LogP contribution is 2.57. The van der Waals surface area contributed by atoms with E-state index in [9.17, 15) is 9.90 Å². The lowest BCUT2D eigenvalue weighted by Gasteiger charge is -2.39. The van der Waals surface area contributed by atoms with E-state index in [0.717, 1.165) is 49.7 Å². The SMILES string of the molecule is CC(C)=C[C@@H]1C[C@H](C)C2=C3C/C=C(/C=O)[C@H]4CC[C@@](C)(O)[C@H]4C[C@@]3(C)C=C2O1. The first kappa shape index (κ1) is 19.7. The van der Waals surface area contributed by atoms with Crippen LogP contribution in [0.25, 0.3) is 0 Å². The Hall–Kier alpha value is -1.61. The molecule has 3 aliphatic carbocycles. The van der Waals surface area contributed by atoms with Crippen LogP contribution in [0.4, 0.5) is 0 Å². The highest BCUT2D eigenvalue weighted by molar-refractivity contribution is 5.74. The average molecular weight is 383 g/mol. The van der Waals surface area contributed by atoms with Crippen LogP contribution in [0, 0.1) is 23.2 Å². The third-order valence-electron chi connectivity index (χ3n) is 7.60. The summed E-state index contributed by atoms with van der Waals surface area (Å²) in [6, 6.07) is 0. The number of allylic oxidation sites excluding steroid dienone is 6. The van der Waals surface area contributed by atoms with E-state index < -0.39 is 5.60 Å². The maximum atomic E-state index is 11.8. The number of hydrogen-bond acceptors (Lipinski definition) is 3. The molecule has 0 aromatic rings. The van der Waals surface area contributed by atoms with Crippen LogP contribution in [0.2, 0.25) is 0 Å². The van der Waals surface area contributed by atoms with Crippen LogP contribution in [0.3, 0.4) is 0 Å². The Labute approximate surface area is 169 Å². The van der Waals surface area contributed by atoms with Gasteiger partial charge in [-0.2, -0.15) is 0 Å². The van der Waals surface area contributed by atoms with E-state index in [0.29, 0.717) is 5.92 Å². The topological polar surface area (TPSA) is 46.5 Å². The van der Waals surface area contributed by atoms with E-state index in [1.807, 2.05) is 6.92 Å². The number of carbonyl (C=O) groups is 1. The van der Waals surface area contributed by atoms with Crippen molar-refractivity contribution in [2.75, 3.05) is 0 Å². The third kappa shape index (κ3) is 3.12. The largest absolute Gasteiger partial charge is 0.486 e. The Balaban J connectivity index is 1.78. The van der Waals surface area contributed by atoms with Crippen molar-refractivity contribution in [3.63, 3.8) is 0 Å². The van der Waals surface area contributed by atoms with E-state index in [4.69, 9.17) is 4.74 Å². The average Bonchev–Trinajstić information content (AvgIpc) is 3.01. The van der Waals surface area contributed by atoms with E-state index in [1.165, 1.54) is 16.7 Å². The predicted molar refractivity (Wildman–Crippen MR) is 112 cm³/mol. The van der Waals surface area contributed by atoms with Crippen molar-refractivity contribution < 1.29 is 14.6 Å². The zero-order chi connectivity index (χ0) is 20.3. The molecule has 3 heteroatoms. The summed E-state index contributed by atoms with van der Waals surface area (Å²) in [6.07, 6.45) is 12.2. The van der Waals surface area contributed by atoms with Gasteiger partial charge in [0.25, 0.3) is 0 Å². The second-order valence-electron chi connectivity index (χ2n) is 10.2. The molecule has 1 aliphatic heterocycles. The van der Waals surface area contributed by atoms with Crippen LogP contribution in [-0.2, 0) is 9.53 Å². The lowest BCUT2D eigenvalue weighted by Crippen LogP contribution is -2.37. The monoisotopic (exact) mass is 382 g/mol. The van der Waals surface area contributed by atoms with Gasteiger partial charge >= 0.3 is 0 Å². The number of ether oxygens (including phenoxy) is 1. The fraction of sp³-hybridized carbons (Fsp3) is 0.640. The van der Waals surface area contributed by atoms with Gasteiger partial charge in [0.05, 0.1) is 5.60 Å². The maximum absolute atomic E-state index is 11.8. The molecule has 1 saturated heterocycles. The Bertz CT molecular complexity index is 806. The Morgan fingerprint density at radius 2 is 2.07 bits per heavy atom. The van der Waals surface area contributed by atoms with Gasteiger partial charge in [0.2, 0.25) is 0 Å². The number of hydrogen-bond donors (Lipinski definition) is 1. The molecule has 1 saturated carbocycles. The molecular formula is C25H34O3. The molecule has 3 nitrogen and oxygen atoms in total. The van der Waals surface area contributed by atoms with Crippen LogP contribution >= 0.6 is 0 Å². The molecule has 0 aromatic heterocycles. The molecule has 152 valence electrons. The normalized spacial score (nSPS) is 44.1. The third-order valence-corrected chi connectivity index (χ3v) is 7.60. The van der Waals surface area contributed by atoms with Gasteiger partial charge in [-0.05, 0) is 99.5 Å². The van der Waals surface area contributed by atoms with E-state index in [-0.39, 0.29) is 23.4 Å². The smallest absolute Gasteiger partial charge is 0.146 e. The molecule has 4 aliphatic rings. The Kier molecular flexibility index (Phi) is 4.73. The number of rotatable bonds is 2. The van der Waals surface area contributed by atoms with Crippen LogP contribution in [0.15, 0.2) is 46.3 Å². The summed E-state index contributed by atoms with van der Waals surface area (Å²) in [7, 11) is 0. The zero-order valence-corrected chi connectivity index (χ0v) is 17.9. The molecule has 0 aromatic carbocycles. The lowest BCUT2D eigenvalue weighted by molar-refractivity contribution is -0.105. The molecule has 2 fully saturated rings. The number of carbonyl (C=O) groups excluding carboxylic acids is 1. The van der Waals surface area contributed by atoms with Gasteiger partial charge in [0.1, 0.15) is 18.1 Å². The van der Waals surface area contributed by atoms with Crippen molar-refractivity contribution in [3.8, 4) is 0 Å². The van der Waals surface area contributed by atoms with E-state index in [1.54, 1.807) is 0 Å². The highest BCUT2D eigenvalue weighted by Gasteiger charge is 2.51. The van der Waals surface area contributed by atoms with Crippen molar-refractivity contribution in [1.29, 1.82) is 0 Å². The Morgan fingerprint density at radius 3 is 2.75 bits per heavy atom. The lowest BCUT2D eigenvalue weighted by atomic mass is 9.66. The van der Waals surface area contributed by atoms with Gasteiger partial charge in [0, 0.05) is 5.41 Å². The summed E-state index contributed by atoms with van der Waals surface area (Å²) >= 11 is 0. The summed E-state index contributed by atoms with van der Waals surface area (Å²) < 4.78 is 6.42. The molecule has 4 rings (SSSR count). The molecule has 1 N–H and O–H groups in total. The second-order valence-corrected chi connectivity index (χ2v) is 10.2. The summed E-state index contributed by atoms with van der Waals surface area (Å²) in [5.41, 5.74) is 4.09. The molecule has 0 spiro atoms. The van der Waals surface area contributed by atoms with Crippen molar-refractivity contribution in [1.82, 2.24) is 0 Å². The fourth-order valence-electron chi connectivity index (χ4n) is 6.22. The minimum atomic E-state index is -0.716. The second kappa shape index (κ2) is 6.73. The fourth-order valence-corrected chi connectivity index (χ4v) is 6.22. The summed E-state index contributed by atoms with van der Waals surface area (Å²) in [6.45, 7) is 10.8. The van der Waals surface area contributed by atoms with Crippen molar-refractivity contribution in [3.05, 3.63) is 46.3 Å². The number of fused-ring (bicyclic) bond motifs is 3. The quantitative estimate of drug-likeness (QED) is 0.522. The molecule has 28 heavy (non-hydrogen) atoms. The molecule has 6 atom stereocenters. The molecule has 0 radical (unpaired) electrons. The van der Waals surface area contributed by atoms with Crippen molar-refractivity contribution in [2.45, 2.75) is 78.4 Å². The van der Waals surface area contributed by atoms with Gasteiger partial charge in [-0.1, -0.05) is 25.5 Å². The summed E-state index contributed by atoms with van der Waals surface area (Å²) in [4.78, 5) is 11.8. The summed E-state index contributed by atoms with van der Waals surface area (Å²) in [5.74, 6) is 1.75. The van der Waals surface area contributed by atoms with E-state index >= 15 is 0 Å². The van der Waals surface area contributed by atoms with Gasteiger partial charge in [-0.3, -0.25) is 4.79 Å². The first-order valence-corrected chi connectivity index (χ1v) is 10.8. The van der Waals surface area contributed by atoms with Crippen molar-refractivity contribution >= 4 is 6.29 Å². The number of aldehydes is 1.